The molecular formula is C18H19FN2O3S. The summed E-state index contributed by atoms with van der Waals surface area (Å²) in [5.74, 6) is 0.519. The third-order valence-electron chi connectivity index (χ3n) is 3.86. The summed E-state index contributed by atoms with van der Waals surface area (Å²) in [6, 6.07) is 11.1. The first-order valence-electron chi connectivity index (χ1n) is 7.94. The highest BCUT2D eigenvalue weighted by Gasteiger charge is 2.17. The molecule has 1 aliphatic heterocycles. The normalized spacial score (nSPS) is 14.6. The zero-order valence-electron chi connectivity index (χ0n) is 13.8. The number of nitrogens with zero attached hydrogens (tertiary/aromatic N) is 1. The second-order valence-corrected chi connectivity index (χ2v) is 7.84. The van der Waals surface area contributed by atoms with Crippen LogP contribution < -0.4 is 10.1 Å². The molecule has 5 nitrogen and oxygen atoms in total. The molecule has 0 fully saturated rings. The largest absolute Gasteiger partial charge is 0.488 e. The molecule has 0 atom stereocenters. The van der Waals surface area contributed by atoms with E-state index in [9.17, 15) is 12.8 Å². The van der Waals surface area contributed by atoms with E-state index in [4.69, 9.17) is 4.74 Å². The van der Waals surface area contributed by atoms with Gasteiger partial charge in [-0.15, -0.1) is 0 Å². The van der Waals surface area contributed by atoms with Crippen molar-refractivity contribution in [3.8, 4) is 5.75 Å². The first-order valence-corrected chi connectivity index (χ1v) is 9.83. The monoisotopic (exact) mass is 362 g/mol. The summed E-state index contributed by atoms with van der Waals surface area (Å²) < 4.78 is 43.0. The third-order valence-corrected chi connectivity index (χ3v) is 4.98. The molecule has 0 radical (unpaired) electrons. The molecule has 0 unspecified atom stereocenters. The van der Waals surface area contributed by atoms with Crippen LogP contribution in [0.15, 0.2) is 52.4 Å². The van der Waals surface area contributed by atoms with Crippen molar-refractivity contribution in [3.63, 3.8) is 0 Å². The summed E-state index contributed by atoms with van der Waals surface area (Å²) in [7, 11) is -3.23. The van der Waals surface area contributed by atoms with E-state index in [0.29, 0.717) is 23.7 Å². The standard InChI is InChI=1S/C18H19FN2O3S/c1-25(22,23)14-8-6-13(7-9-14)12-24-16-5-2-4-15(19)17(16)18-20-10-3-11-21-18/h2,4-9H,3,10-12H2,1H3,(H,20,21). The average Bonchev–Trinajstić information content (AvgIpc) is 2.60. The predicted molar refractivity (Wildman–Crippen MR) is 94.3 cm³/mol. The Labute approximate surface area is 146 Å². The highest BCUT2D eigenvalue weighted by Crippen LogP contribution is 2.24. The lowest BCUT2D eigenvalue weighted by Crippen LogP contribution is -2.31. The van der Waals surface area contributed by atoms with E-state index in [-0.39, 0.29) is 11.5 Å². The van der Waals surface area contributed by atoms with Crippen molar-refractivity contribution in [1.29, 1.82) is 0 Å². The van der Waals surface area contributed by atoms with E-state index in [1.165, 1.54) is 18.2 Å². The fraction of sp³-hybridized carbons (Fsp3) is 0.278. The van der Waals surface area contributed by atoms with Gasteiger partial charge in [0.2, 0.25) is 0 Å². The van der Waals surface area contributed by atoms with Gasteiger partial charge in [0.05, 0.1) is 10.5 Å². The minimum atomic E-state index is -3.23. The summed E-state index contributed by atoms with van der Waals surface area (Å²) in [5.41, 5.74) is 1.12. The Morgan fingerprint density at radius 1 is 1.20 bits per heavy atom. The molecule has 2 aromatic carbocycles. The van der Waals surface area contributed by atoms with Gasteiger partial charge in [-0.2, -0.15) is 0 Å². The van der Waals surface area contributed by atoms with E-state index >= 15 is 0 Å². The highest BCUT2D eigenvalue weighted by molar-refractivity contribution is 7.90. The number of halogens is 1. The van der Waals surface area contributed by atoms with Crippen LogP contribution in [0.4, 0.5) is 4.39 Å². The van der Waals surface area contributed by atoms with Crippen LogP contribution in [0, 0.1) is 5.82 Å². The van der Waals surface area contributed by atoms with Crippen molar-refractivity contribution in [3.05, 3.63) is 59.4 Å². The fourth-order valence-corrected chi connectivity index (χ4v) is 3.18. The molecule has 0 bridgehead atoms. The SMILES string of the molecule is CS(=O)(=O)c1ccc(COc2cccc(F)c2C2=NCCCN2)cc1. The number of hydrogen-bond acceptors (Lipinski definition) is 5. The molecule has 0 saturated heterocycles. The number of rotatable bonds is 5. The number of sulfone groups is 1. The topological polar surface area (TPSA) is 67.8 Å². The first-order chi connectivity index (χ1) is 11.9. The average molecular weight is 362 g/mol. The van der Waals surface area contributed by atoms with Crippen LogP contribution in [0.3, 0.4) is 0 Å². The second-order valence-electron chi connectivity index (χ2n) is 5.83. The molecule has 0 spiro atoms. The summed E-state index contributed by atoms with van der Waals surface area (Å²) in [5, 5.41) is 3.10. The molecule has 0 amide bonds. The van der Waals surface area contributed by atoms with E-state index in [0.717, 1.165) is 24.8 Å². The Morgan fingerprint density at radius 2 is 1.96 bits per heavy atom. The van der Waals surface area contributed by atoms with Crippen LogP contribution in [0.2, 0.25) is 0 Å². The number of ether oxygens (including phenoxy) is 1. The molecule has 1 N–H and O–H groups in total. The number of hydrogen-bond donors (Lipinski definition) is 1. The number of aliphatic imine (C=N–C) groups is 1. The van der Waals surface area contributed by atoms with Crippen molar-refractivity contribution in [1.82, 2.24) is 5.32 Å². The van der Waals surface area contributed by atoms with Crippen molar-refractivity contribution in [2.24, 2.45) is 4.99 Å². The van der Waals surface area contributed by atoms with Gasteiger partial charge >= 0.3 is 0 Å². The smallest absolute Gasteiger partial charge is 0.175 e. The minimum absolute atomic E-state index is 0.202. The van der Waals surface area contributed by atoms with E-state index < -0.39 is 15.7 Å². The quantitative estimate of drug-likeness (QED) is 0.888. The molecule has 1 aliphatic rings. The van der Waals surface area contributed by atoms with Gasteiger partial charge < -0.3 is 10.1 Å². The van der Waals surface area contributed by atoms with Crippen LogP contribution in [-0.4, -0.2) is 33.6 Å². The summed E-state index contributed by atoms with van der Waals surface area (Å²) in [6.07, 6.45) is 2.08. The van der Waals surface area contributed by atoms with Crippen molar-refractivity contribution in [2.75, 3.05) is 19.3 Å². The summed E-state index contributed by atoms with van der Waals surface area (Å²) in [4.78, 5) is 4.59. The highest BCUT2D eigenvalue weighted by atomic mass is 32.2. The summed E-state index contributed by atoms with van der Waals surface area (Å²) >= 11 is 0. The fourth-order valence-electron chi connectivity index (χ4n) is 2.55. The van der Waals surface area contributed by atoms with E-state index in [1.807, 2.05) is 0 Å². The van der Waals surface area contributed by atoms with Crippen molar-refractivity contribution >= 4 is 15.7 Å². The minimum Gasteiger partial charge on any atom is -0.488 e. The number of nitrogens with one attached hydrogen (secondary N) is 1. The zero-order valence-corrected chi connectivity index (χ0v) is 14.6. The first kappa shape index (κ1) is 17.4. The maximum atomic E-state index is 14.3. The van der Waals surface area contributed by atoms with E-state index in [1.54, 1.807) is 24.3 Å². The van der Waals surface area contributed by atoms with Crippen molar-refractivity contribution in [2.45, 2.75) is 17.9 Å². The zero-order chi connectivity index (χ0) is 17.9. The lowest BCUT2D eigenvalue weighted by Gasteiger charge is -2.18. The molecule has 1 heterocycles. The van der Waals surface area contributed by atoms with Crippen LogP contribution in [0.5, 0.6) is 5.75 Å². The molecule has 0 aromatic heterocycles. The molecule has 132 valence electrons. The predicted octanol–water partition coefficient (Wildman–Crippen LogP) is 2.55. The second kappa shape index (κ2) is 7.23. The Bertz CT molecular complexity index is 893. The van der Waals surface area contributed by atoms with Gasteiger partial charge in [-0.3, -0.25) is 4.99 Å². The number of benzene rings is 2. The maximum Gasteiger partial charge on any atom is 0.175 e. The lowest BCUT2D eigenvalue weighted by atomic mass is 10.1. The molecule has 3 rings (SSSR count). The molecular weight excluding hydrogens is 343 g/mol. The Kier molecular flexibility index (Phi) is 5.03. The van der Waals surface area contributed by atoms with Crippen LogP contribution in [0.1, 0.15) is 17.5 Å². The molecule has 7 heteroatoms. The lowest BCUT2D eigenvalue weighted by molar-refractivity contribution is 0.303. The molecule has 0 aliphatic carbocycles. The molecule has 0 saturated carbocycles. The van der Waals surface area contributed by atoms with Gasteiger partial charge in [-0.1, -0.05) is 18.2 Å². The Balaban J connectivity index is 1.80. The van der Waals surface area contributed by atoms with Gasteiger partial charge in [0.15, 0.2) is 9.84 Å². The molecule has 2 aromatic rings. The van der Waals surface area contributed by atoms with Gasteiger partial charge in [0.25, 0.3) is 0 Å². The van der Waals surface area contributed by atoms with Gasteiger partial charge in [0, 0.05) is 19.3 Å². The van der Waals surface area contributed by atoms with Gasteiger partial charge in [-0.05, 0) is 36.2 Å². The van der Waals surface area contributed by atoms with Crippen LogP contribution in [-0.2, 0) is 16.4 Å². The van der Waals surface area contributed by atoms with Crippen LogP contribution in [0.25, 0.3) is 0 Å². The number of amidine groups is 1. The molecule has 25 heavy (non-hydrogen) atoms. The van der Waals surface area contributed by atoms with E-state index in [2.05, 4.69) is 10.3 Å². The van der Waals surface area contributed by atoms with Crippen LogP contribution >= 0.6 is 0 Å². The van der Waals surface area contributed by atoms with Gasteiger partial charge in [0.1, 0.15) is 24.0 Å². The third kappa shape index (κ3) is 4.17. The van der Waals surface area contributed by atoms with Gasteiger partial charge in [-0.25, -0.2) is 12.8 Å². The Hall–Kier alpha value is -2.41. The maximum absolute atomic E-state index is 14.3. The van der Waals surface area contributed by atoms with Crippen molar-refractivity contribution < 1.29 is 17.5 Å². The Morgan fingerprint density at radius 3 is 2.60 bits per heavy atom. The summed E-state index contributed by atoms with van der Waals surface area (Å²) in [6.45, 7) is 1.61.